The molecule has 0 aliphatic heterocycles. The first-order chi connectivity index (χ1) is 9.31. The molecule has 0 atom stereocenters. The molecule has 0 bridgehead atoms. The van der Waals surface area contributed by atoms with Crippen LogP contribution in [-0.2, 0) is 11.2 Å². The summed E-state index contributed by atoms with van der Waals surface area (Å²) >= 11 is 0. The van der Waals surface area contributed by atoms with Crippen LogP contribution < -0.4 is 5.32 Å². The molecule has 2 fully saturated rings. The summed E-state index contributed by atoms with van der Waals surface area (Å²) in [5.74, 6) is 2.75. The Morgan fingerprint density at radius 2 is 2.05 bits per heavy atom. The second-order valence-electron chi connectivity index (χ2n) is 5.78. The van der Waals surface area contributed by atoms with Gasteiger partial charge in [-0.1, -0.05) is 18.0 Å². The summed E-state index contributed by atoms with van der Waals surface area (Å²) in [6.07, 6.45) is 8.66. The summed E-state index contributed by atoms with van der Waals surface area (Å²) in [7, 11) is 0. The van der Waals surface area contributed by atoms with Crippen molar-refractivity contribution in [3.63, 3.8) is 0 Å². The zero-order valence-electron chi connectivity index (χ0n) is 11.2. The van der Waals surface area contributed by atoms with Crippen molar-refractivity contribution in [2.75, 3.05) is 6.54 Å². The van der Waals surface area contributed by atoms with Gasteiger partial charge in [0.05, 0.1) is 0 Å². The van der Waals surface area contributed by atoms with Crippen LogP contribution in [0.3, 0.4) is 0 Å². The van der Waals surface area contributed by atoms with E-state index in [1.165, 1.54) is 38.5 Å². The Bertz CT molecular complexity index is 434. The van der Waals surface area contributed by atoms with Crippen LogP contribution in [0.25, 0.3) is 0 Å². The van der Waals surface area contributed by atoms with Crippen LogP contribution in [0.15, 0.2) is 4.52 Å². The third-order valence-electron chi connectivity index (χ3n) is 4.03. The van der Waals surface area contributed by atoms with E-state index in [0.717, 1.165) is 5.89 Å². The molecule has 1 N–H and O–H groups in total. The quantitative estimate of drug-likeness (QED) is 0.854. The van der Waals surface area contributed by atoms with Gasteiger partial charge in [-0.05, 0) is 31.6 Å². The van der Waals surface area contributed by atoms with Gasteiger partial charge in [0.1, 0.15) is 0 Å². The Labute approximate surface area is 113 Å². The first kappa shape index (κ1) is 12.6. The highest BCUT2D eigenvalue weighted by atomic mass is 16.5. The first-order valence-corrected chi connectivity index (χ1v) is 7.40. The monoisotopic (exact) mass is 263 g/mol. The van der Waals surface area contributed by atoms with Crippen LogP contribution in [0.1, 0.15) is 62.6 Å². The first-order valence-electron chi connectivity index (χ1n) is 7.40. The molecule has 0 saturated heterocycles. The molecule has 5 nitrogen and oxygen atoms in total. The van der Waals surface area contributed by atoms with Crippen LogP contribution in [0.4, 0.5) is 0 Å². The molecule has 0 spiro atoms. The predicted molar refractivity (Wildman–Crippen MR) is 69.6 cm³/mol. The SMILES string of the molecule is O=C(CC1CCCC1)NCCc1noc(C2CC2)n1. The molecule has 0 radical (unpaired) electrons. The summed E-state index contributed by atoms with van der Waals surface area (Å²) in [5, 5.41) is 6.89. The molecule has 0 aromatic carbocycles. The zero-order valence-corrected chi connectivity index (χ0v) is 11.2. The van der Waals surface area contributed by atoms with Gasteiger partial charge in [0, 0.05) is 25.3 Å². The fourth-order valence-electron chi connectivity index (χ4n) is 2.73. The van der Waals surface area contributed by atoms with Gasteiger partial charge in [-0.3, -0.25) is 4.79 Å². The molecule has 1 heterocycles. The molecular formula is C14H21N3O2. The van der Waals surface area contributed by atoms with Gasteiger partial charge in [0.2, 0.25) is 11.8 Å². The minimum absolute atomic E-state index is 0.165. The molecule has 1 amide bonds. The van der Waals surface area contributed by atoms with E-state index in [-0.39, 0.29) is 5.91 Å². The Hall–Kier alpha value is -1.39. The average Bonchev–Trinajstić information content (AvgIpc) is 2.92. The average molecular weight is 263 g/mol. The minimum atomic E-state index is 0.165. The van der Waals surface area contributed by atoms with Gasteiger partial charge in [0.15, 0.2) is 5.82 Å². The van der Waals surface area contributed by atoms with Crippen LogP contribution in [0, 0.1) is 5.92 Å². The Morgan fingerprint density at radius 3 is 2.79 bits per heavy atom. The van der Waals surface area contributed by atoms with Crippen LogP contribution in [0.2, 0.25) is 0 Å². The summed E-state index contributed by atoms with van der Waals surface area (Å²) in [6, 6.07) is 0. The highest BCUT2D eigenvalue weighted by Gasteiger charge is 2.29. The van der Waals surface area contributed by atoms with E-state index in [0.29, 0.717) is 37.0 Å². The van der Waals surface area contributed by atoms with Gasteiger partial charge in [-0.2, -0.15) is 4.98 Å². The van der Waals surface area contributed by atoms with Crippen molar-refractivity contribution in [3.05, 3.63) is 11.7 Å². The maximum Gasteiger partial charge on any atom is 0.229 e. The molecule has 19 heavy (non-hydrogen) atoms. The third kappa shape index (κ3) is 3.55. The Kier molecular flexibility index (Phi) is 3.80. The molecule has 0 unspecified atom stereocenters. The third-order valence-corrected chi connectivity index (χ3v) is 4.03. The number of carbonyl (C=O) groups is 1. The second kappa shape index (κ2) is 5.72. The van der Waals surface area contributed by atoms with Crippen molar-refractivity contribution in [1.82, 2.24) is 15.5 Å². The highest BCUT2D eigenvalue weighted by Crippen LogP contribution is 2.38. The molecule has 2 aliphatic rings. The summed E-state index contributed by atoms with van der Waals surface area (Å²) in [5.41, 5.74) is 0. The van der Waals surface area contributed by atoms with E-state index in [1.807, 2.05) is 0 Å². The standard InChI is InChI=1S/C14H21N3O2/c18-13(9-10-3-1-2-4-10)15-8-7-12-16-14(19-17-12)11-5-6-11/h10-11H,1-9H2,(H,15,18). The van der Waals surface area contributed by atoms with E-state index < -0.39 is 0 Å². The van der Waals surface area contributed by atoms with Gasteiger partial charge < -0.3 is 9.84 Å². The lowest BCUT2D eigenvalue weighted by atomic mass is 10.0. The maximum absolute atomic E-state index is 11.7. The largest absolute Gasteiger partial charge is 0.356 e. The molecule has 2 saturated carbocycles. The van der Waals surface area contributed by atoms with E-state index in [2.05, 4.69) is 15.5 Å². The van der Waals surface area contributed by atoms with Gasteiger partial charge in [0.25, 0.3) is 0 Å². The fraction of sp³-hybridized carbons (Fsp3) is 0.786. The van der Waals surface area contributed by atoms with Gasteiger partial charge in [-0.25, -0.2) is 0 Å². The summed E-state index contributed by atoms with van der Waals surface area (Å²) < 4.78 is 5.18. The molecule has 104 valence electrons. The number of rotatable bonds is 6. The van der Waals surface area contributed by atoms with Gasteiger partial charge in [-0.15, -0.1) is 0 Å². The predicted octanol–water partition coefficient (Wildman–Crippen LogP) is 2.19. The van der Waals surface area contributed by atoms with E-state index in [9.17, 15) is 4.79 Å². The molecule has 1 aromatic rings. The van der Waals surface area contributed by atoms with Crippen molar-refractivity contribution in [3.8, 4) is 0 Å². The lowest BCUT2D eigenvalue weighted by Gasteiger charge is -2.08. The van der Waals surface area contributed by atoms with Crippen LogP contribution >= 0.6 is 0 Å². The van der Waals surface area contributed by atoms with Crippen molar-refractivity contribution in [2.45, 2.75) is 57.3 Å². The molecule has 5 heteroatoms. The van der Waals surface area contributed by atoms with Crippen LogP contribution in [0.5, 0.6) is 0 Å². The summed E-state index contributed by atoms with van der Waals surface area (Å²) in [4.78, 5) is 16.1. The van der Waals surface area contributed by atoms with Crippen molar-refractivity contribution < 1.29 is 9.32 Å². The van der Waals surface area contributed by atoms with E-state index in [4.69, 9.17) is 4.52 Å². The number of hydrogen-bond donors (Lipinski definition) is 1. The van der Waals surface area contributed by atoms with Crippen molar-refractivity contribution >= 4 is 5.91 Å². The van der Waals surface area contributed by atoms with Crippen LogP contribution in [-0.4, -0.2) is 22.6 Å². The minimum Gasteiger partial charge on any atom is -0.356 e. The lowest BCUT2D eigenvalue weighted by molar-refractivity contribution is -0.121. The number of carbonyl (C=O) groups excluding carboxylic acids is 1. The Balaban J connectivity index is 1.35. The second-order valence-corrected chi connectivity index (χ2v) is 5.78. The van der Waals surface area contributed by atoms with Crippen molar-refractivity contribution in [2.24, 2.45) is 5.92 Å². The number of nitrogens with one attached hydrogen (secondary N) is 1. The number of hydrogen-bond acceptors (Lipinski definition) is 4. The molecule has 1 aromatic heterocycles. The number of aromatic nitrogens is 2. The summed E-state index contributed by atoms with van der Waals surface area (Å²) in [6.45, 7) is 0.606. The topological polar surface area (TPSA) is 68.0 Å². The maximum atomic E-state index is 11.7. The number of amides is 1. The molecule has 3 rings (SSSR count). The van der Waals surface area contributed by atoms with Gasteiger partial charge >= 0.3 is 0 Å². The highest BCUT2D eigenvalue weighted by molar-refractivity contribution is 5.76. The Morgan fingerprint density at radius 1 is 1.26 bits per heavy atom. The van der Waals surface area contributed by atoms with Crippen molar-refractivity contribution in [1.29, 1.82) is 0 Å². The molecular weight excluding hydrogens is 242 g/mol. The molecule has 2 aliphatic carbocycles. The van der Waals surface area contributed by atoms with E-state index >= 15 is 0 Å². The van der Waals surface area contributed by atoms with E-state index in [1.54, 1.807) is 0 Å². The lowest BCUT2D eigenvalue weighted by Crippen LogP contribution is -2.27. The normalized spacial score (nSPS) is 19.8. The number of nitrogens with zero attached hydrogens (tertiary/aromatic N) is 2. The zero-order chi connectivity index (χ0) is 13.1. The smallest absolute Gasteiger partial charge is 0.229 e. The fourth-order valence-corrected chi connectivity index (χ4v) is 2.73.